The average Bonchev–Trinajstić information content (AvgIpc) is 2.95. The Morgan fingerprint density at radius 3 is 2.63 bits per heavy atom. The molecule has 0 N–H and O–H groups in total. The first-order valence-electron chi connectivity index (χ1n) is 9.06. The van der Waals surface area contributed by atoms with Crippen LogP contribution in [0, 0.1) is 0 Å². The van der Waals surface area contributed by atoms with Crippen molar-refractivity contribution in [3.8, 4) is 11.5 Å². The van der Waals surface area contributed by atoms with Gasteiger partial charge in [0, 0.05) is 12.6 Å². The number of fused-ring (bicyclic) bond motifs is 3. The SMILES string of the molecule is FC1(F)Oc2ccc(C3=CC4COCC(C3)N4Cc3ccccc3)cc2O1. The van der Waals surface area contributed by atoms with Crippen molar-refractivity contribution in [3.63, 3.8) is 0 Å². The summed E-state index contributed by atoms with van der Waals surface area (Å²) in [5.74, 6) is 0.168. The molecule has 3 aliphatic rings. The summed E-state index contributed by atoms with van der Waals surface area (Å²) in [6.07, 6.45) is -0.591. The van der Waals surface area contributed by atoms with Crippen LogP contribution in [0.1, 0.15) is 17.5 Å². The number of alkyl halides is 2. The first-order valence-corrected chi connectivity index (χ1v) is 9.06. The van der Waals surface area contributed by atoms with Gasteiger partial charge in [-0.3, -0.25) is 4.90 Å². The highest BCUT2D eigenvalue weighted by atomic mass is 19.3. The normalized spacial score (nSPS) is 25.9. The van der Waals surface area contributed by atoms with Gasteiger partial charge in [-0.05, 0) is 35.3 Å². The fourth-order valence-electron chi connectivity index (χ4n) is 4.06. The summed E-state index contributed by atoms with van der Waals surface area (Å²) >= 11 is 0. The van der Waals surface area contributed by atoms with Crippen molar-refractivity contribution in [3.05, 3.63) is 65.7 Å². The zero-order chi connectivity index (χ0) is 18.4. The van der Waals surface area contributed by atoms with Crippen molar-refractivity contribution in [1.29, 1.82) is 0 Å². The Hall–Kier alpha value is -2.44. The van der Waals surface area contributed by atoms with E-state index in [4.69, 9.17) is 4.74 Å². The molecule has 2 unspecified atom stereocenters. The van der Waals surface area contributed by atoms with E-state index in [-0.39, 0.29) is 23.6 Å². The van der Waals surface area contributed by atoms with Crippen LogP contribution >= 0.6 is 0 Å². The second kappa shape index (κ2) is 6.32. The molecule has 140 valence electrons. The molecule has 5 rings (SSSR count). The molecule has 2 bridgehead atoms. The van der Waals surface area contributed by atoms with E-state index in [1.807, 2.05) is 12.1 Å². The van der Waals surface area contributed by atoms with E-state index in [2.05, 4.69) is 44.7 Å². The Bertz CT molecular complexity index is 884. The van der Waals surface area contributed by atoms with Gasteiger partial charge in [0.25, 0.3) is 0 Å². The van der Waals surface area contributed by atoms with E-state index in [1.54, 1.807) is 12.1 Å². The van der Waals surface area contributed by atoms with Gasteiger partial charge in [-0.15, -0.1) is 8.78 Å². The monoisotopic (exact) mass is 371 g/mol. The molecule has 0 spiro atoms. The maximum Gasteiger partial charge on any atom is 0.586 e. The van der Waals surface area contributed by atoms with Crippen LogP contribution < -0.4 is 9.47 Å². The number of ether oxygens (including phenoxy) is 3. The number of nitrogens with zero attached hydrogens (tertiary/aromatic N) is 1. The van der Waals surface area contributed by atoms with E-state index in [0.717, 1.165) is 24.1 Å². The average molecular weight is 371 g/mol. The molecular weight excluding hydrogens is 352 g/mol. The third-order valence-electron chi connectivity index (χ3n) is 5.32. The Morgan fingerprint density at radius 2 is 1.81 bits per heavy atom. The summed E-state index contributed by atoms with van der Waals surface area (Å²) < 4.78 is 41.4. The minimum absolute atomic E-state index is 0.0781. The lowest BCUT2D eigenvalue weighted by Crippen LogP contribution is -2.53. The lowest BCUT2D eigenvalue weighted by molar-refractivity contribution is -0.286. The standard InChI is InChI=1S/C21H19F2NO3/c22-21(23)26-19-7-6-15(10-20(19)27-21)16-8-17-12-25-13-18(9-16)24(17)11-14-4-2-1-3-5-14/h1-8,10,17-18H,9,11-13H2. The summed E-state index contributed by atoms with van der Waals surface area (Å²) in [5.41, 5.74) is 3.31. The van der Waals surface area contributed by atoms with Gasteiger partial charge in [0.2, 0.25) is 0 Å². The van der Waals surface area contributed by atoms with E-state index < -0.39 is 6.29 Å². The molecule has 0 aromatic heterocycles. The first-order chi connectivity index (χ1) is 13.1. The van der Waals surface area contributed by atoms with Crippen LogP contribution in [0.15, 0.2) is 54.6 Å². The number of rotatable bonds is 3. The minimum atomic E-state index is -3.58. The molecule has 0 amide bonds. The van der Waals surface area contributed by atoms with E-state index in [0.29, 0.717) is 13.2 Å². The fraction of sp³-hybridized carbons (Fsp3) is 0.333. The van der Waals surface area contributed by atoms with Crippen molar-refractivity contribution >= 4 is 5.57 Å². The third-order valence-corrected chi connectivity index (χ3v) is 5.32. The van der Waals surface area contributed by atoms with Crippen LogP contribution in [-0.2, 0) is 11.3 Å². The molecule has 4 nitrogen and oxygen atoms in total. The number of hydrogen-bond donors (Lipinski definition) is 0. The predicted octanol–water partition coefficient (Wildman–Crippen LogP) is 4.06. The molecule has 0 aliphatic carbocycles. The van der Waals surface area contributed by atoms with Gasteiger partial charge < -0.3 is 14.2 Å². The molecule has 1 fully saturated rings. The van der Waals surface area contributed by atoms with Gasteiger partial charge in [-0.1, -0.05) is 42.5 Å². The zero-order valence-corrected chi connectivity index (χ0v) is 14.6. The van der Waals surface area contributed by atoms with Crippen molar-refractivity contribution in [2.45, 2.75) is 31.3 Å². The summed E-state index contributed by atoms with van der Waals surface area (Å²) in [6.45, 7) is 2.18. The quantitative estimate of drug-likeness (QED) is 0.814. The Balaban J connectivity index is 1.41. The third kappa shape index (κ3) is 3.19. The molecule has 0 radical (unpaired) electrons. The molecule has 27 heavy (non-hydrogen) atoms. The summed E-state index contributed by atoms with van der Waals surface area (Å²) in [4.78, 5) is 2.46. The van der Waals surface area contributed by atoms with Gasteiger partial charge in [0.05, 0.1) is 19.3 Å². The van der Waals surface area contributed by atoms with Gasteiger partial charge in [0.1, 0.15) is 0 Å². The lowest BCUT2D eigenvalue weighted by atomic mass is 9.89. The number of hydrogen-bond acceptors (Lipinski definition) is 4. The Kier molecular flexibility index (Phi) is 3.91. The number of halogens is 2. The summed E-state index contributed by atoms with van der Waals surface area (Å²) in [7, 11) is 0. The van der Waals surface area contributed by atoms with E-state index >= 15 is 0 Å². The van der Waals surface area contributed by atoms with Gasteiger partial charge in [0.15, 0.2) is 11.5 Å². The second-order valence-corrected chi connectivity index (χ2v) is 7.14. The Labute approximate surface area is 155 Å². The molecule has 1 saturated heterocycles. The maximum atomic E-state index is 13.3. The van der Waals surface area contributed by atoms with Crippen LogP contribution in [-0.4, -0.2) is 36.5 Å². The molecule has 2 atom stereocenters. The van der Waals surface area contributed by atoms with Gasteiger partial charge >= 0.3 is 6.29 Å². The van der Waals surface area contributed by atoms with Crippen LogP contribution in [0.3, 0.4) is 0 Å². The van der Waals surface area contributed by atoms with Crippen LogP contribution in [0.2, 0.25) is 0 Å². The van der Waals surface area contributed by atoms with Crippen molar-refractivity contribution < 1.29 is 23.0 Å². The smallest absolute Gasteiger partial charge is 0.395 e. The van der Waals surface area contributed by atoms with Crippen LogP contribution in [0.25, 0.3) is 5.57 Å². The maximum absolute atomic E-state index is 13.3. The van der Waals surface area contributed by atoms with Crippen LogP contribution in [0.4, 0.5) is 8.78 Å². The van der Waals surface area contributed by atoms with E-state index in [1.165, 1.54) is 5.56 Å². The Morgan fingerprint density at radius 1 is 1.00 bits per heavy atom. The minimum Gasteiger partial charge on any atom is -0.395 e. The molecule has 3 aliphatic heterocycles. The highest BCUT2D eigenvalue weighted by Crippen LogP contribution is 2.43. The fourth-order valence-corrected chi connectivity index (χ4v) is 4.06. The molecule has 2 aromatic carbocycles. The zero-order valence-electron chi connectivity index (χ0n) is 14.6. The summed E-state index contributed by atoms with van der Waals surface area (Å²) in [5, 5.41) is 0. The van der Waals surface area contributed by atoms with E-state index in [9.17, 15) is 8.78 Å². The van der Waals surface area contributed by atoms with Gasteiger partial charge in [-0.2, -0.15) is 0 Å². The first kappa shape index (κ1) is 16.7. The lowest BCUT2D eigenvalue weighted by Gasteiger charge is -2.44. The highest BCUT2D eigenvalue weighted by Gasteiger charge is 2.43. The van der Waals surface area contributed by atoms with Gasteiger partial charge in [-0.25, -0.2) is 0 Å². The topological polar surface area (TPSA) is 30.9 Å². The molecule has 3 heterocycles. The highest BCUT2D eigenvalue weighted by molar-refractivity contribution is 5.70. The van der Waals surface area contributed by atoms with Crippen molar-refractivity contribution in [1.82, 2.24) is 4.90 Å². The largest absolute Gasteiger partial charge is 0.586 e. The molecular formula is C21H19F2NO3. The predicted molar refractivity (Wildman–Crippen MR) is 95.6 cm³/mol. The summed E-state index contributed by atoms with van der Waals surface area (Å²) in [6, 6.07) is 15.8. The second-order valence-electron chi connectivity index (χ2n) is 7.14. The van der Waals surface area contributed by atoms with Crippen molar-refractivity contribution in [2.75, 3.05) is 13.2 Å². The molecule has 0 saturated carbocycles. The van der Waals surface area contributed by atoms with Crippen LogP contribution in [0.5, 0.6) is 11.5 Å². The molecule has 2 aromatic rings. The van der Waals surface area contributed by atoms with Crippen molar-refractivity contribution in [2.24, 2.45) is 0 Å². The number of benzene rings is 2. The number of morpholine rings is 1. The molecule has 6 heteroatoms.